The van der Waals surface area contributed by atoms with Gasteiger partial charge in [-0.05, 0) is 31.5 Å². The van der Waals surface area contributed by atoms with Gasteiger partial charge in [-0.3, -0.25) is 9.20 Å². The molecule has 0 saturated carbocycles. The molecule has 3 N–H and O–H groups in total. The van der Waals surface area contributed by atoms with Gasteiger partial charge in [-0.25, -0.2) is 4.79 Å². The van der Waals surface area contributed by atoms with Crippen LogP contribution in [0.5, 0.6) is 0 Å². The molecule has 3 aromatic rings. The number of amides is 2. The first kappa shape index (κ1) is 28.0. The van der Waals surface area contributed by atoms with Gasteiger partial charge < -0.3 is 30.2 Å². The Labute approximate surface area is 216 Å². The number of ether oxygens (including phenoxy) is 3. The number of morpholine rings is 1. The van der Waals surface area contributed by atoms with Gasteiger partial charge in [0.25, 0.3) is 0 Å². The van der Waals surface area contributed by atoms with E-state index in [9.17, 15) is 9.59 Å². The van der Waals surface area contributed by atoms with Crippen LogP contribution in [0.15, 0.2) is 48.5 Å². The van der Waals surface area contributed by atoms with Crippen molar-refractivity contribution in [3.63, 3.8) is 0 Å². The lowest BCUT2D eigenvalue weighted by Crippen LogP contribution is -2.51. The van der Waals surface area contributed by atoms with Crippen LogP contribution >= 0.6 is 0 Å². The summed E-state index contributed by atoms with van der Waals surface area (Å²) >= 11 is 0. The number of carbonyl (C=O) groups excluding carboxylic acids is 2. The Morgan fingerprint density at radius 3 is 2.51 bits per heavy atom. The molecule has 0 spiro atoms. The molecule has 3 heterocycles. The Morgan fingerprint density at radius 2 is 1.81 bits per heavy atom. The molecule has 37 heavy (non-hydrogen) atoms. The summed E-state index contributed by atoms with van der Waals surface area (Å²) in [5, 5.41) is 11.5. The van der Waals surface area contributed by atoms with Crippen LogP contribution in [-0.4, -0.2) is 69.9 Å². The standard InChI is InChI=1S/C25H32N6O5.CH4/c1-25(2,26)23(32)27-20(17-35-15-18-7-4-3-5-8-18)22-29-28-21-10-6-9-19(31(21)22)16-36-24(33)30-11-13-34-14-12-30;/h3-10,20H,11-17,26H2,1-2H3,(H,27,32);1H4/t20-;/m0./s1. The first-order valence-corrected chi connectivity index (χ1v) is 11.9. The van der Waals surface area contributed by atoms with E-state index in [-0.39, 0.29) is 26.5 Å². The van der Waals surface area contributed by atoms with Crippen LogP contribution in [0.3, 0.4) is 0 Å². The Morgan fingerprint density at radius 1 is 1.08 bits per heavy atom. The van der Waals surface area contributed by atoms with E-state index in [1.54, 1.807) is 29.2 Å². The summed E-state index contributed by atoms with van der Waals surface area (Å²) in [5.41, 5.74) is 7.14. The lowest BCUT2D eigenvalue weighted by Gasteiger charge is -2.26. The number of rotatable bonds is 9. The van der Waals surface area contributed by atoms with E-state index in [1.165, 1.54) is 0 Å². The van der Waals surface area contributed by atoms with Gasteiger partial charge >= 0.3 is 6.09 Å². The molecule has 11 heteroatoms. The number of hydrogen-bond acceptors (Lipinski definition) is 8. The van der Waals surface area contributed by atoms with Crippen molar-refractivity contribution >= 4 is 17.6 Å². The molecule has 1 aliphatic rings. The summed E-state index contributed by atoms with van der Waals surface area (Å²) in [5.74, 6) is 0.0949. The van der Waals surface area contributed by atoms with E-state index in [2.05, 4.69) is 15.5 Å². The Kier molecular flexibility index (Phi) is 9.56. The number of carbonyl (C=O) groups is 2. The Bertz CT molecular complexity index is 1170. The van der Waals surface area contributed by atoms with Crippen molar-refractivity contribution in [2.75, 3.05) is 32.9 Å². The third-order valence-electron chi connectivity index (χ3n) is 5.75. The molecular formula is C26H36N6O5. The highest BCUT2D eigenvalue weighted by molar-refractivity contribution is 5.85. The van der Waals surface area contributed by atoms with E-state index in [1.807, 2.05) is 42.5 Å². The zero-order valence-corrected chi connectivity index (χ0v) is 20.6. The van der Waals surface area contributed by atoms with E-state index in [0.717, 1.165) is 5.56 Å². The molecule has 0 radical (unpaired) electrons. The number of benzene rings is 1. The second-order valence-electron chi connectivity index (χ2n) is 9.17. The first-order chi connectivity index (χ1) is 17.3. The second-order valence-corrected chi connectivity index (χ2v) is 9.17. The van der Waals surface area contributed by atoms with Gasteiger partial charge in [-0.2, -0.15) is 0 Å². The van der Waals surface area contributed by atoms with Crippen molar-refractivity contribution in [3.8, 4) is 0 Å². The number of hydrogen-bond donors (Lipinski definition) is 2. The highest BCUT2D eigenvalue weighted by Gasteiger charge is 2.29. The minimum absolute atomic E-state index is 0. The second kappa shape index (κ2) is 12.6. The Hall–Kier alpha value is -3.54. The molecule has 1 fully saturated rings. The van der Waals surface area contributed by atoms with Crippen LogP contribution in [0.4, 0.5) is 4.79 Å². The van der Waals surface area contributed by atoms with Crippen molar-refractivity contribution in [1.29, 1.82) is 0 Å². The van der Waals surface area contributed by atoms with E-state index in [0.29, 0.717) is 50.1 Å². The Balaban J connectivity index is 0.00000380. The number of nitrogens with zero attached hydrogens (tertiary/aromatic N) is 4. The maximum absolute atomic E-state index is 12.8. The van der Waals surface area contributed by atoms with Crippen LogP contribution < -0.4 is 11.1 Å². The topological polar surface area (TPSA) is 133 Å². The molecule has 2 aromatic heterocycles. The zero-order valence-electron chi connectivity index (χ0n) is 20.6. The van der Waals surface area contributed by atoms with E-state index in [4.69, 9.17) is 19.9 Å². The fourth-order valence-electron chi connectivity index (χ4n) is 3.74. The number of pyridine rings is 1. The fourth-order valence-corrected chi connectivity index (χ4v) is 3.74. The average Bonchev–Trinajstić information content (AvgIpc) is 3.32. The number of fused-ring (bicyclic) bond motifs is 1. The van der Waals surface area contributed by atoms with Gasteiger partial charge in [0.1, 0.15) is 12.6 Å². The summed E-state index contributed by atoms with van der Waals surface area (Å²) in [4.78, 5) is 26.9. The summed E-state index contributed by atoms with van der Waals surface area (Å²) in [6, 6.07) is 14.5. The highest BCUT2D eigenvalue weighted by Crippen LogP contribution is 2.19. The quantitative estimate of drug-likeness (QED) is 0.447. The average molecular weight is 513 g/mol. The van der Waals surface area contributed by atoms with Gasteiger partial charge in [-0.1, -0.05) is 43.8 Å². The predicted octanol–water partition coefficient (Wildman–Crippen LogP) is 2.45. The molecule has 11 nitrogen and oxygen atoms in total. The maximum atomic E-state index is 12.8. The van der Waals surface area contributed by atoms with E-state index < -0.39 is 17.7 Å². The third kappa shape index (κ3) is 7.25. The third-order valence-corrected chi connectivity index (χ3v) is 5.75. The van der Waals surface area contributed by atoms with Crippen molar-refractivity contribution < 1.29 is 23.8 Å². The van der Waals surface area contributed by atoms with Crippen molar-refractivity contribution in [3.05, 3.63) is 65.6 Å². The molecule has 0 unspecified atom stereocenters. The van der Waals surface area contributed by atoms with Crippen LogP contribution in [0.25, 0.3) is 5.65 Å². The molecule has 1 saturated heterocycles. The minimum Gasteiger partial charge on any atom is -0.443 e. The maximum Gasteiger partial charge on any atom is 0.410 e. The molecule has 4 rings (SSSR count). The van der Waals surface area contributed by atoms with Gasteiger partial charge in [-0.15, -0.1) is 10.2 Å². The van der Waals surface area contributed by atoms with Gasteiger partial charge in [0.05, 0.1) is 37.7 Å². The summed E-state index contributed by atoms with van der Waals surface area (Å²) in [7, 11) is 0. The molecule has 1 aliphatic heterocycles. The summed E-state index contributed by atoms with van der Waals surface area (Å²) in [6.07, 6.45) is -0.411. The van der Waals surface area contributed by atoms with Crippen LogP contribution in [0.2, 0.25) is 0 Å². The van der Waals surface area contributed by atoms with Crippen molar-refractivity contribution in [2.24, 2.45) is 5.73 Å². The molecule has 0 aliphatic carbocycles. The normalized spacial score (nSPS) is 14.6. The monoisotopic (exact) mass is 512 g/mol. The smallest absolute Gasteiger partial charge is 0.410 e. The minimum atomic E-state index is -1.10. The SMILES string of the molecule is C.CC(C)(N)C(=O)N[C@@H](COCc1ccccc1)c1nnc2cccc(COC(=O)N3CCOCC3)n12. The lowest BCUT2D eigenvalue weighted by molar-refractivity contribution is -0.126. The number of nitrogens with two attached hydrogens (primary N) is 1. The largest absolute Gasteiger partial charge is 0.443 e. The van der Waals surface area contributed by atoms with Crippen molar-refractivity contribution in [1.82, 2.24) is 24.8 Å². The van der Waals surface area contributed by atoms with Gasteiger partial charge in [0, 0.05) is 13.1 Å². The molecule has 1 aromatic carbocycles. The number of nitrogens with one attached hydrogen (secondary N) is 1. The van der Waals surface area contributed by atoms with Crippen LogP contribution in [0.1, 0.15) is 44.4 Å². The van der Waals surface area contributed by atoms with Crippen LogP contribution in [0, 0.1) is 0 Å². The molecule has 0 bridgehead atoms. The van der Waals surface area contributed by atoms with Crippen molar-refractivity contribution in [2.45, 2.75) is 46.1 Å². The molecule has 2 amide bonds. The van der Waals surface area contributed by atoms with Crippen LogP contribution in [-0.2, 0) is 32.2 Å². The first-order valence-electron chi connectivity index (χ1n) is 11.9. The summed E-state index contributed by atoms with van der Waals surface area (Å²) < 4.78 is 18.6. The van der Waals surface area contributed by atoms with Gasteiger partial charge in [0.2, 0.25) is 5.91 Å². The van der Waals surface area contributed by atoms with E-state index >= 15 is 0 Å². The fraction of sp³-hybridized carbons (Fsp3) is 0.462. The molecule has 1 atom stereocenters. The predicted molar refractivity (Wildman–Crippen MR) is 138 cm³/mol. The zero-order chi connectivity index (χ0) is 25.5. The summed E-state index contributed by atoms with van der Waals surface area (Å²) in [6.45, 7) is 5.72. The highest BCUT2D eigenvalue weighted by atomic mass is 16.6. The lowest BCUT2D eigenvalue weighted by atomic mass is 10.1. The molecule has 200 valence electrons. The van der Waals surface area contributed by atoms with Gasteiger partial charge in [0.15, 0.2) is 11.5 Å². The number of aromatic nitrogens is 3. The molecular weight excluding hydrogens is 476 g/mol.